The Balaban J connectivity index is 1.63. The fourth-order valence-corrected chi connectivity index (χ4v) is 4.11. The van der Waals surface area contributed by atoms with Crippen LogP contribution in [-0.4, -0.2) is 21.8 Å². The van der Waals surface area contributed by atoms with Crippen LogP contribution in [0.3, 0.4) is 0 Å². The number of carbonyl (C=O) groups excluding carboxylic acids is 2. The van der Waals surface area contributed by atoms with Gasteiger partial charge in [-0.25, -0.2) is 0 Å². The highest BCUT2D eigenvalue weighted by Crippen LogP contribution is 2.46. The Morgan fingerprint density at radius 2 is 1.87 bits per heavy atom. The minimum Gasteiger partial charge on any atom is -0.507 e. The van der Waals surface area contributed by atoms with Gasteiger partial charge in [0, 0.05) is 33.7 Å². The van der Waals surface area contributed by atoms with Gasteiger partial charge in [0.15, 0.2) is 5.78 Å². The van der Waals surface area contributed by atoms with Crippen LogP contribution in [0.1, 0.15) is 39.4 Å². The second-order valence-corrected chi connectivity index (χ2v) is 7.83. The van der Waals surface area contributed by atoms with Gasteiger partial charge < -0.3 is 9.84 Å². The smallest absolute Gasteiger partial charge is 0.312 e. The van der Waals surface area contributed by atoms with Gasteiger partial charge >= 0.3 is 5.97 Å². The van der Waals surface area contributed by atoms with E-state index >= 15 is 0 Å². The molecule has 0 spiro atoms. The number of aromatic hydroxyl groups is 1. The Kier molecular flexibility index (Phi) is 4.68. The fraction of sp³-hybridized carbons (Fsp3) is 0.0800. The van der Waals surface area contributed by atoms with Crippen LogP contribution in [0.2, 0.25) is 5.02 Å². The third kappa shape index (κ3) is 3.43. The number of rotatable bonds is 3. The lowest BCUT2D eigenvalue weighted by molar-refractivity contribution is -0.135. The van der Waals surface area contributed by atoms with Crippen molar-refractivity contribution in [2.45, 2.75) is 12.3 Å². The maximum Gasteiger partial charge on any atom is 0.312 e. The molecule has 1 aliphatic rings. The second kappa shape index (κ2) is 7.52. The summed E-state index contributed by atoms with van der Waals surface area (Å²) < 4.78 is 5.37. The lowest BCUT2D eigenvalue weighted by Gasteiger charge is -2.26. The molecule has 1 aromatic heterocycles. The van der Waals surface area contributed by atoms with Crippen LogP contribution in [-0.2, 0) is 4.79 Å². The largest absolute Gasteiger partial charge is 0.507 e. The topological polar surface area (TPSA) is 76.5 Å². The maximum absolute atomic E-state index is 13.0. The molecule has 31 heavy (non-hydrogen) atoms. The summed E-state index contributed by atoms with van der Waals surface area (Å²) in [7, 11) is 0. The number of hydrogen-bond donors (Lipinski definition) is 1. The van der Waals surface area contributed by atoms with E-state index < -0.39 is 5.92 Å². The van der Waals surface area contributed by atoms with E-state index in [1.54, 1.807) is 36.5 Å². The minimum atomic E-state index is -0.446. The molecule has 6 heteroatoms. The number of phenols is 1. The molecule has 152 valence electrons. The van der Waals surface area contributed by atoms with Crippen molar-refractivity contribution < 1.29 is 19.4 Å². The number of esters is 1. The van der Waals surface area contributed by atoms with Crippen molar-refractivity contribution in [1.29, 1.82) is 0 Å². The third-order valence-corrected chi connectivity index (χ3v) is 5.75. The monoisotopic (exact) mass is 429 g/mol. The molecule has 5 nitrogen and oxygen atoms in total. The van der Waals surface area contributed by atoms with E-state index in [9.17, 15) is 14.7 Å². The van der Waals surface area contributed by atoms with E-state index in [0.717, 1.165) is 16.5 Å². The number of fused-ring (bicyclic) bond motifs is 2. The van der Waals surface area contributed by atoms with Gasteiger partial charge in [-0.2, -0.15) is 0 Å². The first-order valence-electron chi connectivity index (χ1n) is 9.73. The summed E-state index contributed by atoms with van der Waals surface area (Å²) in [5, 5.41) is 12.5. The molecule has 0 fully saturated rings. The van der Waals surface area contributed by atoms with Gasteiger partial charge in [-0.15, -0.1) is 0 Å². The first-order chi connectivity index (χ1) is 15.0. The van der Waals surface area contributed by atoms with Crippen LogP contribution >= 0.6 is 11.6 Å². The van der Waals surface area contributed by atoms with E-state index in [-0.39, 0.29) is 35.2 Å². The van der Waals surface area contributed by atoms with E-state index in [0.29, 0.717) is 16.1 Å². The van der Waals surface area contributed by atoms with Crippen molar-refractivity contribution in [2.24, 2.45) is 0 Å². The lowest BCUT2D eigenvalue weighted by Crippen LogP contribution is -2.22. The molecule has 1 aliphatic heterocycles. The number of halogens is 1. The van der Waals surface area contributed by atoms with Gasteiger partial charge in [0.2, 0.25) is 0 Å². The molecule has 0 radical (unpaired) electrons. The maximum atomic E-state index is 13.0. The van der Waals surface area contributed by atoms with Crippen molar-refractivity contribution in [2.75, 3.05) is 0 Å². The SMILES string of the molecule is O=C1C[C@H](c2ccc3ncccc3c2)c2c(ccc(C(=O)c3ccc(Cl)cc3)c2O)O1. The van der Waals surface area contributed by atoms with Gasteiger partial charge in [-0.05, 0) is 60.2 Å². The number of phenolic OH excluding ortho intramolecular Hbond substituents is 1. The predicted octanol–water partition coefficient (Wildman–Crippen LogP) is 5.27. The normalized spacial score (nSPS) is 15.4. The number of ketones is 1. The predicted molar refractivity (Wildman–Crippen MR) is 117 cm³/mol. The molecule has 0 saturated heterocycles. The Morgan fingerprint density at radius 1 is 1.06 bits per heavy atom. The third-order valence-electron chi connectivity index (χ3n) is 5.50. The first kappa shape index (κ1) is 19.3. The number of carbonyl (C=O) groups is 2. The lowest BCUT2D eigenvalue weighted by atomic mass is 9.83. The molecule has 5 rings (SSSR count). The van der Waals surface area contributed by atoms with Gasteiger partial charge in [-0.1, -0.05) is 23.7 Å². The van der Waals surface area contributed by atoms with Crippen LogP contribution < -0.4 is 4.74 Å². The van der Waals surface area contributed by atoms with Crippen LogP contribution in [0, 0.1) is 0 Å². The number of benzene rings is 3. The first-order valence-corrected chi connectivity index (χ1v) is 10.1. The summed E-state index contributed by atoms with van der Waals surface area (Å²) in [6.45, 7) is 0. The van der Waals surface area contributed by atoms with Crippen molar-refractivity contribution in [3.8, 4) is 11.5 Å². The zero-order valence-electron chi connectivity index (χ0n) is 16.2. The van der Waals surface area contributed by atoms with E-state index in [2.05, 4.69) is 4.98 Å². The van der Waals surface area contributed by atoms with Gasteiger partial charge in [0.05, 0.1) is 17.5 Å². The molecule has 1 atom stereocenters. The van der Waals surface area contributed by atoms with Crippen LogP contribution in [0.5, 0.6) is 11.5 Å². The molecular formula is C25H16ClNO4. The Hall–Kier alpha value is -3.70. The Labute approximate surface area is 182 Å². The number of ether oxygens (including phenoxy) is 1. The zero-order chi connectivity index (χ0) is 21.5. The zero-order valence-corrected chi connectivity index (χ0v) is 17.0. The van der Waals surface area contributed by atoms with Crippen molar-refractivity contribution in [3.63, 3.8) is 0 Å². The number of nitrogens with zero attached hydrogens (tertiary/aromatic N) is 1. The molecule has 0 bridgehead atoms. The Bertz CT molecular complexity index is 1350. The molecule has 3 aromatic carbocycles. The van der Waals surface area contributed by atoms with Crippen LogP contribution in [0.15, 0.2) is 72.9 Å². The highest BCUT2D eigenvalue weighted by Gasteiger charge is 2.33. The number of aromatic nitrogens is 1. The summed E-state index contributed by atoms with van der Waals surface area (Å²) in [6, 6.07) is 19.0. The number of hydrogen-bond acceptors (Lipinski definition) is 5. The summed E-state index contributed by atoms with van der Waals surface area (Å²) >= 11 is 5.92. The fourth-order valence-electron chi connectivity index (χ4n) is 3.98. The van der Waals surface area contributed by atoms with Gasteiger partial charge in [0.1, 0.15) is 11.5 Å². The Morgan fingerprint density at radius 3 is 2.68 bits per heavy atom. The quantitative estimate of drug-likeness (QED) is 0.273. The highest BCUT2D eigenvalue weighted by atomic mass is 35.5. The molecule has 0 saturated carbocycles. The summed E-state index contributed by atoms with van der Waals surface area (Å²) in [6.07, 6.45) is 1.78. The average Bonchev–Trinajstić information content (AvgIpc) is 2.78. The molecule has 0 aliphatic carbocycles. The molecule has 1 N–H and O–H groups in total. The van der Waals surface area contributed by atoms with Crippen molar-refractivity contribution in [3.05, 3.63) is 100 Å². The molecule has 2 heterocycles. The van der Waals surface area contributed by atoms with E-state index in [1.165, 1.54) is 6.07 Å². The molecular weight excluding hydrogens is 414 g/mol. The summed E-state index contributed by atoms with van der Waals surface area (Å²) in [5.74, 6) is -1.09. The summed E-state index contributed by atoms with van der Waals surface area (Å²) in [4.78, 5) is 29.6. The molecule has 0 amide bonds. The van der Waals surface area contributed by atoms with Crippen molar-refractivity contribution >= 4 is 34.3 Å². The van der Waals surface area contributed by atoms with Gasteiger partial charge in [0.25, 0.3) is 0 Å². The van der Waals surface area contributed by atoms with Crippen molar-refractivity contribution in [1.82, 2.24) is 4.98 Å². The average molecular weight is 430 g/mol. The highest BCUT2D eigenvalue weighted by molar-refractivity contribution is 6.30. The number of pyridine rings is 1. The summed E-state index contributed by atoms with van der Waals surface area (Å²) in [5.41, 5.74) is 2.65. The second-order valence-electron chi connectivity index (χ2n) is 7.40. The van der Waals surface area contributed by atoms with Crippen LogP contribution in [0.25, 0.3) is 10.9 Å². The van der Waals surface area contributed by atoms with Crippen LogP contribution in [0.4, 0.5) is 0 Å². The standard InChI is InChI=1S/C25H16ClNO4/c26-17-6-3-14(4-7-17)24(29)18-8-10-21-23(25(18)30)19(13-22(28)31-21)15-5-9-20-16(12-15)2-1-11-27-20/h1-12,19,30H,13H2/t19-/m1/s1. The van der Waals surface area contributed by atoms with E-state index in [1.807, 2.05) is 30.3 Å². The van der Waals surface area contributed by atoms with E-state index in [4.69, 9.17) is 16.3 Å². The van der Waals surface area contributed by atoms with Gasteiger partial charge in [-0.3, -0.25) is 14.6 Å². The molecule has 0 unspecified atom stereocenters. The minimum absolute atomic E-state index is 0.0604. The molecule has 4 aromatic rings.